The third kappa shape index (κ3) is 2.03. The fourth-order valence-electron chi connectivity index (χ4n) is 2.80. The minimum atomic E-state index is -1.21. The fraction of sp³-hybridized carbons (Fsp3) is 0.357. The van der Waals surface area contributed by atoms with E-state index in [-0.39, 0.29) is 0 Å². The average Bonchev–Trinajstić information content (AvgIpc) is 2.97. The van der Waals surface area contributed by atoms with Crippen LogP contribution in [-0.2, 0) is 22.4 Å². The normalized spacial score (nSPS) is 21.0. The van der Waals surface area contributed by atoms with Crippen LogP contribution in [0.25, 0.3) is 0 Å². The number of nitrogens with one attached hydrogen (secondary N) is 1. The first kappa shape index (κ1) is 12.7. The van der Waals surface area contributed by atoms with Crippen molar-refractivity contribution in [2.45, 2.75) is 25.3 Å². The molecular weight excluding hydrogens is 260 g/mol. The zero-order valence-corrected chi connectivity index (χ0v) is 10.8. The van der Waals surface area contributed by atoms with Gasteiger partial charge in [0.1, 0.15) is 12.6 Å². The summed E-state index contributed by atoms with van der Waals surface area (Å²) in [6, 6.07) is 4.33. The highest BCUT2D eigenvalue weighted by molar-refractivity contribution is 6.06. The van der Waals surface area contributed by atoms with E-state index in [4.69, 9.17) is 5.11 Å². The van der Waals surface area contributed by atoms with Crippen LogP contribution in [0.15, 0.2) is 18.2 Å². The van der Waals surface area contributed by atoms with E-state index < -0.39 is 30.5 Å². The molecule has 0 saturated carbocycles. The SMILES string of the molecule is O=C(O)CN1C(=O)NC(c2ccc3c(c2)CCC3)C1=O. The second kappa shape index (κ2) is 4.63. The predicted octanol–water partition coefficient (Wildman–Crippen LogP) is 0.853. The van der Waals surface area contributed by atoms with Crippen molar-refractivity contribution >= 4 is 17.9 Å². The number of rotatable bonds is 3. The van der Waals surface area contributed by atoms with Crippen molar-refractivity contribution in [3.05, 3.63) is 34.9 Å². The summed E-state index contributed by atoms with van der Waals surface area (Å²) >= 11 is 0. The molecule has 3 rings (SSSR count). The van der Waals surface area contributed by atoms with Crippen LogP contribution in [0.5, 0.6) is 0 Å². The molecule has 1 saturated heterocycles. The molecule has 2 N–H and O–H groups in total. The van der Waals surface area contributed by atoms with Gasteiger partial charge >= 0.3 is 12.0 Å². The van der Waals surface area contributed by atoms with Crippen LogP contribution >= 0.6 is 0 Å². The fourth-order valence-corrected chi connectivity index (χ4v) is 2.80. The molecular formula is C14H14N2O4. The summed E-state index contributed by atoms with van der Waals surface area (Å²) in [4.78, 5) is 35.2. The Kier molecular flexibility index (Phi) is 2.93. The summed E-state index contributed by atoms with van der Waals surface area (Å²) in [6.07, 6.45) is 3.14. The van der Waals surface area contributed by atoms with Crippen molar-refractivity contribution in [2.24, 2.45) is 0 Å². The van der Waals surface area contributed by atoms with Gasteiger partial charge in [0, 0.05) is 0 Å². The Hall–Kier alpha value is -2.37. The second-order valence-electron chi connectivity index (χ2n) is 5.08. The lowest BCUT2D eigenvalue weighted by Crippen LogP contribution is -2.35. The van der Waals surface area contributed by atoms with Crippen molar-refractivity contribution < 1.29 is 19.5 Å². The van der Waals surface area contributed by atoms with Gasteiger partial charge in [-0.2, -0.15) is 0 Å². The van der Waals surface area contributed by atoms with Gasteiger partial charge in [-0.1, -0.05) is 18.2 Å². The number of carbonyl (C=O) groups is 3. The molecule has 1 atom stereocenters. The third-order valence-corrected chi connectivity index (χ3v) is 3.78. The van der Waals surface area contributed by atoms with E-state index in [1.54, 1.807) is 0 Å². The van der Waals surface area contributed by atoms with Gasteiger partial charge in [-0.15, -0.1) is 0 Å². The number of hydrogen-bond donors (Lipinski definition) is 2. The molecule has 6 heteroatoms. The zero-order chi connectivity index (χ0) is 14.3. The van der Waals surface area contributed by atoms with E-state index in [2.05, 4.69) is 5.32 Å². The smallest absolute Gasteiger partial charge is 0.325 e. The Morgan fingerprint density at radius 2 is 2.05 bits per heavy atom. The first-order valence-electron chi connectivity index (χ1n) is 6.51. The standard InChI is InChI=1S/C14H14N2O4/c17-11(18)7-16-13(19)12(15-14(16)20)10-5-4-8-2-1-3-9(8)6-10/h4-6,12H,1-3,7H2,(H,15,20)(H,17,18). The molecule has 1 aromatic carbocycles. The molecule has 104 valence electrons. The first-order valence-corrected chi connectivity index (χ1v) is 6.51. The highest BCUT2D eigenvalue weighted by atomic mass is 16.4. The van der Waals surface area contributed by atoms with Crippen LogP contribution < -0.4 is 5.32 Å². The third-order valence-electron chi connectivity index (χ3n) is 3.78. The number of hydrogen-bond acceptors (Lipinski definition) is 3. The number of carbonyl (C=O) groups excluding carboxylic acids is 2. The molecule has 6 nitrogen and oxygen atoms in total. The number of benzene rings is 1. The molecule has 0 spiro atoms. The van der Waals surface area contributed by atoms with Crippen LogP contribution in [0.1, 0.15) is 29.2 Å². The van der Waals surface area contributed by atoms with E-state index >= 15 is 0 Å². The maximum absolute atomic E-state index is 12.1. The minimum absolute atomic E-state index is 0.504. The van der Waals surface area contributed by atoms with E-state index in [9.17, 15) is 14.4 Å². The van der Waals surface area contributed by atoms with Crippen molar-refractivity contribution in [2.75, 3.05) is 6.54 Å². The van der Waals surface area contributed by atoms with Crippen LogP contribution in [0.2, 0.25) is 0 Å². The van der Waals surface area contributed by atoms with Crippen molar-refractivity contribution in [3.63, 3.8) is 0 Å². The lowest BCUT2D eigenvalue weighted by molar-refractivity contribution is -0.141. The summed E-state index contributed by atoms with van der Waals surface area (Å²) in [7, 11) is 0. The van der Waals surface area contributed by atoms with Crippen molar-refractivity contribution in [3.8, 4) is 0 Å². The number of urea groups is 1. The van der Waals surface area contributed by atoms with Gasteiger partial charge in [-0.05, 0) is 36.0 Å². The van der Waals surface area contributed by atoms with E-state index in [1.807, 2.05) is 18.2 Å². The Bertz CT molecular complexity index is 611. The second-order valence-corrected chi connectivity index (χ2v) is 5.08. The molecule has 1 aliphatic carbocycles. The van der Waals surface area contributed by atoms with Gasteiger partial charge in [-0.3, -0.25) is 14.5 Å². The summed E-state index contributed by atoms with van der Waals surface area (Å²) in [5.41, 5.74) is 3.21. The number of imide groups is 1. The minimum Gasteiger partial charge on any atom is -0.480 e. The molecule has 2 aliphatic rings. The molecule has 0 bridgehead atoms. The Morgan fingerprint density at radius 3 is 2.80 bits per heavy atom. The quantitative estimate of drug-likeness (QED) is 0.800. The molecule has 0 radical (unpaired) electrons. The molecule has 1 aromatic rings. The van der Waals surface area contributed by atoms with Crippen LogP contribution in [-0.4, -0.2) is 34.5 Å². The lowest BCUT2D eigenvalue weighted by Gasteiger charge is -2.11. The monoisotopic (exact) mass is 274 g/mol. The van der Waals surface area contributed by atoms with Gasteiger partial charge < -0.3 is 10.4 Å². The van der Waals surface area contributed by atoms with Crippen LogP contribution in [0.4, 0.5) is 4.79 Å². The molecule has 1 fully saturated rings. The van der Waals surface area contributed by atoms with E-state index in [0.717, 1.165) is 29.7 Å². The number of aryl methyl sites for hydroxylation is 2. The molecule has 0 aromatic heterocycles. The zero-order valence-electron chi connectivity index (χ0n) is 10.8. The average molecular weight is 274 g/mol. The number of fused-ring (bicyclic) bond motifs is 1. The van der Waals surface area contributed by atoms with Gasteiger partial charge in [0.05, 0.1) is 0 Å². The van der Waals surface area contributed by atoms with Crippen LogP contribution in [0.3, 0.4) is 0 Å². The number of carboxylic acids is 1. The van der Waals surface area contributed by atoms with Gasteiger partial charge in [0.25, 0.3) is 5.91 Å². The molecule has 20 heavy (non-hydrogen) atoms. The number of carboxylic acid groups (broad SMARTS) is 1. The molecule has 1 aliphatic heterocycles. The highest BCUT2D eigenvalue weighted by Crippen LogP contribution is 2.28. The molecule has 1 unspecified atom stereocenters. The first-order chi connectivity index (χ1) is 9.56. The summed E-state index contributed by atoms with van der Waals surface area (Å²) in [6.45, 7) is -0.605. The van der Waals surface area contributed by atoms with Gasteiger partial charge in [0.15, 0.2) is 0 Å². The predicted molar refractivity (Wildman–Crippen MR) is 69.1 cm³/mol. The maximum Gasteiger partial charge on any atom is 0.325 e. The molecule has 1 heterocycles. The van der Waals surface area contributed by atoms with E-state index in [0.29, 0.717) is 0 Å². The van der Waals surface area contributed by atoms with Gasteiger partial charge in [0.2, 0.25) is 0 Å². The van der Waals surface area contributed by atoms with Crippen LogP contribution in [0, 0.1) is 0 Å². The topological polar surface area (TPSA) is 86.7 Å². The Morgan fingerprint density at radius 1 is 1.30 bits per heavy atom. The molecule has 3 amide bonds. The maximum atomic E-state index is 12.1. The largest absolute Gasteiger partial charge is 0.480 e. The Balaban J connectivity index is 1.86. The number of amides is 3. The van der Waals surface area contributed by atoms with E-state index in [1.165, 1.54) is 11.1 Å². The van der Waals surface area contributed by atoms with Gasteiger partial charge in [-0.25, -0.2) is 4.79 Å². The summed E-state index contributed by atoms with van der Waals surface area (Å²) < 4.78 is 0. The Labute approximate surface area is 115 Å². The van der Waals surface area contributed by atoms with Crippen molar-refractivity contribution in [1.29, 1.82) is 0 Å². The highest BCUT2D eigenvalue weighted by Gasteiger charge is 2.40. The van der Waals surface area contributed by atoms with Crippen molar-refractivity contribution in [1.82, 2.24) is 10.2 Å². The lowest BCUT2D eigenvalue weighted by atomic mass is 10.0. The number of nitrogens with zero attached hydrogens (tertiary/aromatic N) is 1. The number of aliphatic carboxylic acids is 1. The summed E-state index contributed by atoms with van der Waals surface area (Å²) in [5.74, 6) is -1.71. The summed E-state index contributed by atoms with van der Waals surface area (Å²) in [5, 5.41) is 11.3.